The Hall–Kier alpha value is -2.33. The Bertz CT molecular complexity index is 839. The quantitative estimate of drug-likeness (QED) is 0.793. The lowest BCUT2D eigenvalue weighted by atomic mass is 10.1. The molecule has 0 unspecified atom stereocenters. The molecular weight excluding hydrogens is 288 g/mol. The summed E-state index contributed by atoms with van der Waals surface area (Å²) in [5.74, 6) is -0.224. The number of carbonyl (C=O) groups is 1. The van der Waals surface area contributed by atoms with E-state index in [4.69, 9.17) is 16.7 Å². The van der Waals surface area contributed by atoms with Crippen molar-refractivity contribution in [1.82, 2.24) is 9.55 Å². The molecule has 0 amide bonds. The van der Waals surface area contributed by atoms with Gasteiger partial charge in [0.25, 0.3) is 0 Å². The Morgan fingerprint density at radius 2 is 2.05 bits per heavy atom. The highest BCUT2D eigenvalue weighted by Gasteiger charge is 2.15. The smallest absolute Gasteiger partial charge is 0.335 e. The zero-order valence-corrected chi connectivity index (χ0v) is 12.1. The van der Waals surface area contributed by atoms with Gasteiger partial charge in [0.05, 0.1) is 21.6 Å². The van der Waals surface area contributed by atoms with Crippen LogP contribution < -0.4 is 0 Å². The van der Waals surface area contributed by atoms with E-state index in [9.17, 15) is 4.79 Å². The van der Waals surface area contributed by atoms with Gasteiger partial charge in [-0.2, -0.15) is 0 Å². The van der Waals surface area contributed by atoms with Gasteiger partial charge >= 0.3 is 5.97 Å². The van der Waals surface area contributed by atoms with Gasteiger partial charge in [-0.1, -0.05) is 29.8 Å². The topological polar surface area (TPSA) is 55.1 Å². The summed E-state index contributed by atoms with van der Waals surface area (Å²) in [5, 5.41) is 9.76. The Kier molecular flexibility index (Phi) is 3.39. The van der Waals surface area contributed by atoms with Crippen molar-refractivity contribution in [3.05, 3.63) is 53.1 Å². The highest BCUT2D eigenvalue weighted by molar-refractivity contribution is 6.35. The summed E-state index contributed by atoms with van der Waals surface area (Å²) in [6, 6.07) is 12.4. The summed E-state index contributed by atoms with van der Waals surface area (Å²) in [4.78, 5) is 15.7. The summed E-state index contributed by atoms with van der Waals surface area (Å²) in [7, 11) is 0. The fourth-order valence-electron chi connectivity index (χ4n) is 2.46. The second-order valence-electron chi connectivity index (χ2n) is 4.67. The number of carboxylic acids is 1. The SMILES string of the molecule is CCn1c(-c2cccc(C(=O)O)c2)nc2cccc(Cl)c21. The molecule has 1 heterocycles. The maximum atomic E-state index is 11.1. The summed E-state index contributed by atoms with van der Waals surface area (Å²) in [6.07, 6.45) is 0. The van der Waals surface area contributed by atoms with Crippen LogP contribution in [0.5, 0.6) is 0 Å². The number of fused-ring (bicyclic) bond motifs is 1. The summed E-state index contributed by atoms with van der Waals surface area (Å²) < 4.78 is 2.00. The normalized spacial score (nSPS) is 11.0. The standard InChI is InChI=1S/C16H13ClN2O2/c1-2-19-14-12(17)7-4-8-13(14)18-15(19)10-5-3-6-11(9-10)16(20)21/h3-9H,2H2,1H3,(H,20,21). The van der Waals surface area contributed by atoms with Gasteiger partial charge in [0, 0.05) is 12.1 Å². The number of carboxylic acid groups (broad SMARTS) is 1. The van der Waals surface area contributed by atoms with Crippen LogP contribution >= 0.6 is 11.6 Å². The third-order valence-electron chi connectivity index (χ3n) is 3.40. The number of halogens is 1. The monoisotopic (exact) mass is 300 g/mol. The van der Waals surface area contributed by atoms with Crippen molar-refractivity contribution in [3.63, 3.8) is 0 Å². The molecule has 0 fully saturated rings. The van der Waals surface area contributed by atoms with Gasteiger partial charge in [0.2, 0.25) is 0 Å². The molecule has 21 heavy (non-hydrogen) atoms. The first kappa shape index (κ1) is 13.6. The number of rotatable bonds is 3. The highest BCUT2D eigenvalue weighted by atomic mass is 35.5. The fraction of sp³-hybridized carbons (Fsp3) is 0.125. The molecule has 0 bridgehead atoms. The van der Waals surface area contributed by atoms with Crippen LogP contribution in [0, 0.1) is 0 Å². The summed E-state index contributed by atoms with van der Waals surface area (Å²) in [5.41, 5.74) is 2.69. The number of nitrogens with zero attached hydrogens (tertiary/aromatic N) is 2. The average molecular weight is 301 g/mol. The number of imidazole rings is 1. The van der Waals surface area contributed by atoms with E-state index in [1.165, 1.54) is 0 Å². The lowest BCUT2D eigenvalue weighted by Gasteiger charge is -2.07. The molecule has 1 N–H and O–H groups in total. The van der Waals surface area contributed by atoms with Gasteiger partial charge in [-0.25, -0.2) is 9.78 Å². The van der Waals surface area contributed by atoms with Crippen molar-refractivity contribution in [2.45, 2.75) is 13.5 Å². The Labute approximate surface area is 126 Å². The number of para-hydroxylation sites is 1. The van der Waals surface area contributed by atoms with Crippen molar-refractivity contribution in [2.24, 2.45) is 0 Å². The maximum Gasteiger partial charge on any atom is 0.335 e. The fourth-order valence-corrected chi connectivity index (χ4v) is 2.73. The molecule has 0 aliphatic rings. The average Bonchev–Trinajstić information content (AvgIpc) is 2.87. The van der Waals surface area contributed by atoms with E-state index < -0.39 is 5.97 Å². The highest BCUT2D eigenvalue weighted by Crippen LogP contribution is 2.29. The third kappa shape index (κ3) is 2.28. The molecule has 0 saturated carbocycles. The van der Waals surface area contributed by atoms with Crippen molar-refractivity contribution in [1.29, 1.82) is 0 Å². The molecule has 0 atom stereocenters. The van der Waals surface area contributed by atoms with Crippen LogP contribution in [-0.4, -0.2) is 20.6 Å². The number of benzene rings is 2. The van der Waals surface area contributed by atoms with Gasteiger partial charge in [-0.05, 0) is 31.2 Å². The zero-order valence-electron chi connectivity index (χ0n) is 11.4. The number of hydrogen-bond donors (Lipinski definition) is 1. The van der Waals surface area contributed by atoms with Crippen molar-refractivity contribution in [2.75, 3.05) is 0 Å². The number of aromatic nitrogens is 2. The molecule has 3 aromatic rings. The maximum absolute atomic E-state index is 11.1. The second kappa shape index (κ2) is 5.22. The number of hydrogen-bond acceptors (Lipinski definition) is 2. The third-order valence-corrected chi connectivity index (χ3v) is 3.71. The van der Waals surface area contributed by atoms with E-state index in [0.29, 0.717) is 11.6 Å². The Balaban J connectivity index is 2.27. The minimum absolute atomic E-state index is 0.244. The second-order valence-corrected chi connectivity index (χ2v) is 5.08. The lowest BCUT2D eigenvalue weighted by molar-refractivity contribution is 0.0697. The van der Waals surface area contributed by atoms with Gasteiger partial charge < -0.3 is 9.67 Å². The molecule has 106 valence electrons. The minimum Gasteiger partial charge on any atom is -0.478 e. The summed E-state index contributed by atoms with van der Waals surface area (Å²) >= 11 is 6.27. The first-order valence-electron chi connectivity index (χ1n) is 6.60. The molecule has 0 radical (unpaired) electrons. The van der Waals surface area contributed by atoms with Crippen LogP contribution in [0.4, 0.5) is 0 Å². The van der Waals surface area contributed by atoms with E-state index >= 15 is 0 Å². The van der Waals surface area contributed by atoms with E-state index in [-0.39, 0.29) is 5.56 Å². The first-order valence-corrected chi connectivity index (χ1v) is 6.98. The van der Waals surface area contributed by atoms with Gasteiger partial charge in [-0.3, -0.25) is 0 Å². The van der Waals surface area contributed by atoms with Crippen LogP contribution in [0.2, 0.25) is 5.02 Å². The van der Waals surface area contributed by atoms with Gasteiger partial charge in [0.15, 0.2) is 0 Å². The molecule has 0 saturated heterocycles. The Morgan fingerprint density at radius 3 is 2.76 bits per heavy atom. The van der Waals surface area contributed by atoms with E-state index in [0.717, 1.165) is 22.4 Å². The summed E-state index contributed by atoms with van der Waals surface area (Å²) in [6.45, 7) is 2.71. The lowest BCUT2D eigenvalue weighted by Crippen LogP contribution is -2.00. The zero-order chi connectivity index (χ0) is 15.0. The van der Waals surface area contributed by atoms with Crippen LogP contribution in [0.3, 0.4) is 0 Å². The molecule has 0 aliphatic heterocycles. The van der Waals surface area contributed by atoms with E-state index in [1.54, 1.807) is 18.2 Å². The Morgan fingerprint density at radius 1 is 1.29 bits per heavy atom. The molecule has 3 rings (SSSR count). The molecular formula is C16H13ClN2O2. The van der Waals surface area contributed by atoms with E-state index in [2.05, 4.69) is 4.98 Å². The molecule has 1 aromatic heterocycles. The van der Waals surface area contributed by atoms with Crippen LogP contribution in [0.15, 0.2) is 42.5 Å². The van der Waals surface area contributed by atoms with Crippen LogP contribution in [0.1, 0.15) is 17.3 Å². The number of aryl methyl sites for hydroxylation is 1. The van der Waals surface area contributed by atoms with Crippen molar-refractivity contribution < 1.29 is 9.90 Å². The molecule has 5 heteroatoms. The van der Waals surface area contributed by atoms with Crippen molar-refractivity contribution >= 4 is 28.6 Å². The number of aromatic carboxylic acids is 1. The molecule has 0 spiro atoms. The first-order chi connectivity index (χ1) is 10.1. The van der Waals surface area contributed by atoms with Crippen LogP contribution in [-0.2, 0) is 6.54 Å². The van der Waals surface area contributed by atoms with E-state index in [1.807, 2.05) is 35.8 Å². The predicted molar refractivity (Wildman–Crippen MR) is 82.8 cm³/mol. The van der Waals surface area contributed by atoms with Gasteiger partial charge in [-0.15, -0.1) is 0 Å². The molecule has 0 aliphatic carbocycles. The van der Waals surface area contributed by atoms with Crippen LogP contribution in [0.25, 0.3) is 22.4 Å². The predicted octanol–water partition coefficient (Wildman–Crippen LogP) is 4.07. The molecule has 4 nitrogen and oxygen atoms in total. The van der Waals surface area contributed by atoms with Crippen molar-refractivity contribution in [3.8, 4) is 11.4 Å². The minimum atomic E-state index is -0.950. The van der Waals surface area contributed by atoms with Gasteiger partial charge in [0.1, 0.15) is 5.82 Å². The largest absolute Gasteiger partial charge is 0.478 e. The molecule has 2 aromatic carbocycles.